The largest absolute Gasteiger partial charge is 0.476 e. The van der Waals surface area contributed by atoms with Gasteiger partial charge >= 0.3 is 0 Å². The molecule has 0 aliphatic rings. The molecule has 1 aromatic carbocycles. The fourth-order valence-electron chi connectivity index (χ4n) is 1.27. The van der Waals surface area contributed by atoms with Crippen molar-refractivity contribution in [1.82, 2.24) is 9.94 Å². The van der Waals surface area contributed by atoms with Gasteiger partial charge < -0.3 is 9.94 Å². The number of aromatic nitrogens is 2. The maximum Gasteiger partial charge on any atom is 0.244 e. The van der Waals surface area contributed by atoms with E-state index in [2.05, 4.69) is 5.10 Å². The van der Waals surface area contributed by atoms with Gasteiger partial charge in [-0.25, -0.2) is 0 Å². The van der Waals surface area contributed by atoms with Gasteiger partial charge in [-0.15, -0.1) is 0 Å². The highest BCUT2D eigenvalue weighted by molar-refractivity contribution is 5.84. The molecule has 0 saturated carbocycles. The maximum atomic E-state index is 9.34. The second-order valence-electron chi connectivity index (χ2n) is 2.64. The molecule has 0 fully saturated rings. The molecule has 68 valence electrons. The lowest BCUT2D eigenvalue weighted by Crippen LogP contribution is -1.95. The minimum atomic E-state index is 0.473. The molecular formula is C9H10N2O2. The van der Waals surface area contributed by atoms with E-state index in [1.807, 2.05) is 25.1 Å². The van der Waals surface area contributed by atoms with Crippen molar-refractivity contribution in [3.8, 4) is 5.88 Å². The Kier molecular flexibility index (Phi) is 1.81. The molecule has 1 aromatic heterocycles. The van der Waals surface area contributed by atoms with Crippen LogP contribution in [0.5, 0.6) is 5.88 Å². The standard InChI is InChI=1S/C9H10N2O2/c1-2-13-9-7-5-3-4-6-8(7)11(12)10-9/h3-6,12H,2H2,1H3. The number of benzene rings is 1. The van der Waals surface area contributed by atoms with E-state index < -0.39 is 0 Å². The topological polar surface area (TPSA) is 47.3 Å². The molecule has 0 aliphatic carbocycles. The first-order valence-electron chi connectivity index (χ1n) is 4.12. The fraction of sp³-hybridized carbons (Fsp3) is 0.222. The molecule has 1 heterocycles. The summed E-state index contributed by atoms with van der Waals surface area (Å²) in [6, 6.07) is 7.36. The molecule has 13 heavy (non-hydrogen) atoms. The summed E-state index contributed by atoms with van der Waals surface area (Å²) in [7, 11) is 0. The van der Waals surface area contributed by atoms with Crippen LogP contribution in [0.15, 0.2) is 24.3 Å². The third-order valence-corrected chi connectivity index (χ3v) is 1.82. The van der Waals surface area contributed by atoms with Crippen molar-refractivity contribution in [3.05, 3.63) is 24.3 Å². The lowest BCUT2D eigenvalue weighted by Gasteiger charge is -1.95. The average molecular weight is 178 g/mol. The first-order chi connectivity index (χ1) is 6.33. The van der Waals surface area contributed by atoms with Gasteiger partial charge in [0.1, 0.15) is 5.52 Å². The lowest BCUT2D eigenvalue weighted by molar-refractivity contribution is 0.154. The van der Waals surface area contributed by atoms with Crippen molar-refractivity contribution in [2.75, 3.05) is 6.61 Å². The van der Waals surface area contributed by atoms with E-state index in [0.29, 0.717) is 18.0 Å². The zero-order valence-corrected chi connectivity index (χ0v) is 7.27. The van der Waals surface area contributed by atoms with Crippen molar-refractivity contribution in [2.24, 2.45) is 0 Å². The molecule has 0 aliphatic heterocycles. The van der Waals surface area contributed by atoms with Gasteiger partial charge in [-0.1, -0.05) is 22.1 Å². The highest BCUT2D eigenvalue weighted by Gasteiger charge is 2.08. The Labute approximate surface area is 75.3 Å². The first-order valence-corrected chi connectivity index (χ1v) is 4.12. The molecule has 0 atom stereocenters. The predicted molar refractivity (Wildman–Crippen MR) is 48.1 cm³/mol. The summed E-state index contributed by atoms with van der Waals surface area (Å²) in [6.45, 7) is 2.42. The van der Waals surface area contributed by atoms with Crippen LogP contribution in [-0.2, 0) is 0 Å². The number of hydrogen-bond acceptors (Lipinski definition) is 3. The summed E-state index contributed by atoms with van der Waals surface area (Å²) in [6.07, 6.45) is 0. The second-order valence-corrected chi connectivity index (χ2v) is 2.64. The molecule has 1 N–H and O–H groups in total. The Morgan fingerprint density at radius 2 is 2.23 bits per heavy atom. The van der Waals surface area contributed by atoms with Gasteiger partial charge in [-0.3, -0.25) is 0 Å². The predicted octanol–water partition coefficient (Wildman–Crippen LogP) is 1.67. The van der Waals surface area contributed by atoms with Crippen molar-refractivity contribution >= 4 is 10.9 Å². The summed E-state index contributed by atoms with van der Waals surface area (Å²) in [4.78, 5) is 0.834. The highest BCUT2D eigenvalue weighted by Crippen LogP contribution is 2.23. The fourth-order valence-corrected chi connectivity index (χ4v) is 1.27. The van der Waals surface area contributed by atoms with E-state index in [1.54, 1.807) is 6.07 Å². The van der Waals surface area contributed by atoms with Crippen LogP contribution < -0.4 is 4.74 Å². The number of ether oxygens (including phenoxy) is 1. The van der Waals surface area contributed by atoms with Gasteiger partial charge in [0.05, 0.1) is 12.0 Å². The van der Waals surface area contributed by atoms with Crippen LogP contribution in [0.1, 0.15) is 6.92 Å². The molecule has 4 heteroatoms. The molecule has 2 rings (SSSR count). The number of nitrogens with zero attached hydrogens (tertiary/aromatic N) is 2. The maximum absolute atomic E-state index is 9.34. The quantitative estimate of drug-likeness (QED) is 0.711. The summed E-state index contributed by atoms with van der Waals surface area (Å²) in [5, 5.41) is 14.0. The summed E-state index contributed by atoms with van der Waals surface area (Å²) < 4.78 is 5.25. The first kappa shape index (κ1) is 7.91. The van der Waals surface area contributed by atoms with Gasteiger partial charge in [0.15, 0.2) is 0 Å². The molecule has 0 amide bonds. The SMILES string of the molecule is CCOc1nn(O)c2ccccc12. The van der Waals surface area contributed by atoms with Gasteiger partial charge in [0.25, 0.3) is 0 Å². The van der Waals surface area contributed by atoms with Crippen molar-refractivity contribution < 1.29 is 9.94 Å². The summed E-state index contributed by atoms with van der Waals surface area (Å²) >= 11 is 0. The summed E-state index contributed by atoms with van der Waals surface area (Å²) in [5.74, 6) is 0.473. The van der Waals surface area contributed by atoms with Crippen LogP contribution in [-0.4, -0.2) is 21.8 Å². The van der Waals surface area contributed by atoms with Crippen LogP contribution in [0.3, 0.4) is 0 Å². The smallest absolute Gasteiger partial charge is 0.244 e. The van der Waals surface area contributed by atoms with E-state index in [1.165, 1.54) is 0 Å². The van der Waals surface area contributed by atoms with E-state index >= 15 is 0 Å². The van der Waals surface area contributed by atoms with E-state index in [0.717, 1.165) is 10.2 Å². The Balaban J connectivity index is 2.63. The zero-order valence-electron chi connectivity index (χ0n) is 7.27. The monoisotopic (exact) mass is 178 g/mol. The third-order valence-electron chi connectivity index (χ3n) is 1.82. The molecule has 0 saturated heterocycles. The molecule has 0 radical (unpaired) electrons. The van der Waals surface area contributed by atoms with E-state index in [4.69, 9.17) is 4.74 Å². The molecule has 0 unspecified atom stereocenters. The van der Waals surface area contributed by atoms with Gasteiger partial charge in [0.2, 0.25) is 5.88 Å². The number of fused-ring (bicyclic) bond motifs is 1. The van der Waals surface area contributed by atoms with E-state index in [9.17, 15) is 5.21 Å². The molecule has 4 nitrogen and oxygen atoms in total. The van der Waals surface area contributed by atoms with Gasteiger partial charge in [-0.05, 0) is 19.1 Å². The zero-order chi connectivity index (χ0) is 9.26. The molecule has 0 spiro atoms. The van der Waals surface area contributed by atoms with Crippen LogP contribution >= 0.6 is 0 Å². The molecular weight excluding hydrogens is 168 g/mol. The Morgan fingerprint density at radius 3 is 3.00 bits per heavy atom. The number of hydrogen-bond donors (Lipinski definition) is 1. The van der Waals surface area contributed by atoms with Crippen LogP contribution in [0.2, 0.25) is 0 Å². The van der Waals surface area contributed by atoms with Gasteiger partial charge in [-0.2, -0.15) is 0 Å². The van der Waals surface area contributed by atoms with Crippen LogP contribution in [0.25, 0.3) is 10.9 Å². The van der Waals surface area contributed by atoms with Crippen molar-refractivity contribution in [3.63, 3.8) is 0 Å². The second kappa shape index (κ2) is 2.97. The van der Waals surface area contributed by atoms with E-state index in [-0.39, 0.29) is 0 Å². The molecule has 0 bridgehead atoms. The number of rotatable bonds is 2. The Bertz CT molecular complexity index is 422. The van der Waals surface area contributed by atoms with Gasteiger partial charge in [0, 0.05) is 0 Å². The van der Waals surface area contributed by atoms with Crippen LogP contribution in [0, 0.1) is 0 Å². The minimum absolute atomic E-state index is 0.473. The Morgan fingerprint density at radius 1 is 1.46 bits per heavy atom. The van der Waals surface area contributed by atoms with Crippen molar-refractivity contribution in [1.29, 1.82) is 0 Å². The van der Waals surface area contributed by atoms with Crippen molar-refractivity contribution in [2.45, 2.75) is 6.92 Å². The third kappa shape index (κ3) is 1.20. The summed E-state index contributed by atoms with van der Waals surface area (Å²) in [5.41, 5.74) is 0.658. The van der Waals surface area contributed by atoms with Crippen LogP contribution in [0.4, 0.5) is 0 Å². The average Bonchev–Trinajstić information content (AvgIpc) is 2.46. The Hall–Kier alpha value is -1.71. The normalized spacial score (nSPS) is 10.5. The lowest BCUT2D eigenvalue weighted by atomic mass is 10.2. The highest BCUT2D eigenvalue weighted by atomic mass is 16.5. The number of para-hydroxylation sites is 1. The minimum Gasteiger partial charge on any atom is -0.476 e. The molecule has 2 aromatic rings.